The van der Waals surface area contributed by atoms with Gasteiger partial charge in [0.15, 0.2) is 0 Å². The summed E-state index contributed by atoms with van der Waals surface area (Å²) in [6, 6.07) is 1.96. The normalized spacial score (nSPS) is 16.3. The van der Waals surface area contributed by atoms with Gasteiger partial charge in [0.05, 0.1) is 6.54 Å². The fraction of sp³-hybridized carbons (Fsp3) is 0.625. The van der Waals surface area contributed by atoms with Gasteiger partial charge in [-0.05, 0) is 18.9 Å². The van der Waals surface area contributed by atoms with Crippen LogP contribution in [0.2, 0.25) is 0 Å². The summed E-state index contributed by atoms with van der Waals surface area (Å²) in [7, 11) is 1.91. The van der Waals surface area contributed by atoms with Crippen molar-refractivity contribution in [3.05, 3.63) is 29.7 Å². The predicted molar refractivity (Wildman–Crippen MR) is 87.0 cm³/mol. The fourth-order valence-electron chi connectivity index (χ4n) is 3.01. The molecule has 1 fully saturated rings. The van der Waals surface area contributed by atoms with E-state index in [-0.39, 0.29) is 5.91 Å². The Morgan fingerprint density at radius 1 is 1.25 bits per heavy atom. The molecule has 0 atom stereocenters. The number of carbonyl (C=O) groups excluding carboxylic acids is 1. The van der Waals surface area contributed by atoms with Crippen LogP contribution in [0.5, 0.6) is 0 Å². The molecule has 8 nitrogen and oxygen atoms in total. The van der Waals surface area contributed by atoms with Gasteiger partial charge in [-0.15, -0.1) is 10.2 Å². The summed E-state index contributed by atoms with van der Waals surface area (Å²) in [5, 5.41) is 12.0. The summed E-state index contributed by atoms with van der Waals surface area (Å²) in [5.41, 5.74) is 1.09. The second-order valence-electron chi connectivity index (χ2n) is 6.17. The van der Waals surface area contributed by atoms with Gasteiger partial charge in [0.2, 0.25) is 17.7 Å². The largest absolute Gasteiger partial charge is 0.424 e. The first-order valence-electron chi connectivity index (χ1n) is 8.38. The van der Waals surface area contributed by atoms with E-state index in [1.165, 1.54) is 0 Å². The highest BCUT2D eigenvalue weighted by atomic mass is 16.4. The van der Waals surface area contributed by atoms with Crippen molar-refractivity contribution < 1.29 is 9.21 Å². The molecule has 0 aromatic carbocycles. The molecule has 0 radical (unpaired) electrons. The van der Waals surface area contributed by atoms with E-state index < -0.39 is 0 Å². The van der Waals surface area contributed by atoms with Crippen molar-refractivity contribution in [1.29, 1.82) is 0 Å². The molecule has 1 saturated heterocycles. The second kappa shape index (κ2) is 7.57. The molecule has 0 spiro atoms. The van der Waals surface area contributed by atoms with Crippen molar-refractivity contribution in [3.8, 4) is 0 Å². The highest BCUT2D eigenvalue weighted by Crippen LogP contribution is 2.10. The third kappa shape index (κ3) is 4.19. The monoisotopic (exact) mass is 332 g/mol. The van der Waals surface area contributed by atoms with Gasteiger partial charge in [-0.3, -0.25) is 14.4 Å². The number of amides is 1. The lowest BCUT2D eigenvalue weighted by atomic mass is 10.2. The molecule has 1 aliphatic heterocycles. The van der Waals surface area contributed by atoms with Gasteiger partial charge in [-0.1, -0.05) is 0 Å². The van der Waals surface area contributed by atoms with Crippen molar-refractivity contribution in [1.82, 2.24) is 29.8 Å². The molecular weight excluding hydrogens is 308 g/mol. The van der Waals surface area contributed by atoms with Crippen LogP contribution < -0.4 is 0 Å². The fourth-order valence-corrected chi connectivity index (χ4v) is 3.01. The summed E-state index contributed by atoms with van der Waals surface area (Å²) in [6.45, 7) is 5.77. The smallest absolute Gasteiger partial charge is 0.230 e. The quantitative estimate of drug-likeness (QED) is 0.805. The third-order valence-corrected chi connectivity index (χ3v) is 4.39. The molecule has 0 aliphatic carbocycles. The van der Waals surface area contributed by atoms with E-state index >= 15 is 0 Å². The Labute approximate surface area is 141 Å². The summed E-state index contributed by atoms with van der Waals surface area (Å²) in [6.07, 6.45) is 3.99. The number of carbonyl (C=O) groups is 1. The molecule has 8 heteroatoms. The van der Waals surface area contributed by atoms with Crippen molar-refractivity contribution in [2.75, 3.05) is 26.2 Å². The zero-order valence-electron chi connectivity index (χ0n) is 14.3. The zero-order chi connectivity index (χ0) is 16.9. The van der Waals surface area contributed by atoms with Gasteiger partial charge in [0.1, 0.15) is 0 Å². The molecule has 0 bridgehead atoms. The first-order valence-corrected chi connectivity index (χ1v) is 8.38. The van der Waals surface area contributed by atoms with E-state index in [2.05, 4.69) is 20.2 Å². The minimum atomic E-state index is 0.215. The van der Waals surface area contributed by atoms with Crippen LogP contribution in [0.1, 0.15) is 30.3 Å². The van der Waals surface area contributed by atoms with Gasteiger partial charge in [-0.25, -0.2) is 0 Å². The van der Waals surface area contributed by atoms with E-state index in [4.69, 9.17) is 4.42 Å². The second-order valence-corrected chi connectivity index (χ2v) is 6.17. The summed E-state index contributed by atoms with van der Waals surface area (Å²) >= 11 is 0. The Morgan fingerprint density at radius 2 is 2.12 bits per heavy atom. The van der Waals surface area contributed by atoms with Gasteiger partial charge < -0.3 is 9.32 Å². The Morgan fingerprint density at radius 3 is 2.83 bits per heavy atom. The molecule has 3 heterocycles. The van der Waals surface area contributed by atoms with Crippen molar-refractivity contribution in [2.45, 2.75) is 32.7 Å². The molecule has 0 saturated carbocycles. The minimum Gasteiger partial charge on any atom is -0.424 e. The number of nitrogens with zero attached hydrogens (tertiary/aromatic N) is 6. The number of hydrogen-bond acceptors (Lipinski definition) is 6. The highest BCUT2D eigenvalue weighted by Gasteiger charge is 2.20. The topological polar surface area (TPSA) is 80.3 Å². The molecule has 0 N–H and O–H groups in total. The van der Waals surface area contributed by atoms with E-state index in [1.807, 2.05) is 22.7 Å². The van der Waals surface area contributed by atoms with Gasteiger partial charge in [-0.2, -0.15) is 5.10 Å². The first kappa shape index (κ1) is 16.6. The number of aryl methyl sites for hydroxylation is 3. The van der Waals surface area contributed by atoms with Gasteiger partial charge in [0, 0.05) is 58.5 Å². The first-order chi connectivity index (χ1) is 11.6. The van der Waals surface area contributed by atoms with E-state index in [0.717, 1.165) is 44.7 Å². The standard InChI is InChI=1S/C16H24N6O2/c1-13-18-19-15(24-13)12-21-8-3-9-22(11-10-21)16(23)5-4-14-6-7-17-20(14)2/h6-7H,3-5,8-12H2,1-2H3. The van der Waals surface area contributed by atoms with Crippen molar-refractivity contribution in [2.24, 2.45) is 7.05 Å². The summed E-state index contributed by atoms with van der Waals surface area (Å²) < 4.78 is 7.26. The maximum atomic E-state index is 12.5. The van der Waals surface area contributed by atoms with E-state index in [1.54, 1.807) is 13.1 Å². The SMILES string of the molecule is Cc1nnc(CN2CCCN(C(=O)CCc3ccnn3C)CC2)o1. The van der Waals surface area contributed by atoms with Crippen LogP contribution in [0.15, 0.2) is 16.7 Å². The molecule has 1 aliphatic rings. The minimum absolute atomic E-state index is 0.215. The Bertz CT molecular complexity index is 680. The van der Waals surface area contributed by atoms with E-state index in [0.29, 0.717) is 24.7 Å². The Kier molecular flexibility index (Phi) is 5.24. The summed E-state index contributed by atoms with van der Waals surface area (Å²) in [4.78, 5) is 16.7. The van der Waals surface area contributed by atoms with Crippen LogP contribution in [0.4, 0.5) is 0 Å². The molecule has 130 valence electrons. The molecule has 0 unspecified atom stereocenters. The lowest BCUT2D eigenvalue weighted by Gasteiger charge is -2.21. The van der Waals surface area contributed by atoms with E-state index in [9.17, 15) is 4.79 Å². The maximum absolute atomic E-state index is 12.5. The van der Waals surface area contributed by atoms with Gasteiger partial charge >= 0.3 is 0 Å². The van der Waals surface area contributed by atoms with Crippen LogP contribution >= 0.6 is 0 Å². The Hall–Kier alpha value is -2.22. The molecule has 3 rings (SSSR count). The zero-order valence-corrected chi connectivity index (χ0v) is 14.3. The molecule has 1 amide bonds. The van der Waals surface area contributed by atoms with Crippen molar-refractivity contribution in [3.63, 3.8) is 0 Å². The summed E-state index contributed by atoms with van der Waals surface area (Å²) in [5.74, 6) is 1.45. The predicted octanol–water partition coefficient (Wildman–Crippen LogP) is 0.779. The van der Waals surface area contributed by atoms with Crippen molar-refractivity contribution >= 4 is 5.91 Å². The lowest BCUT2D eigenvalue weighted by molar-refractivity contribution is -0.131. The molecule has 2 aromatic rings. The molecular formula is C16H24N6O2. The van der Waals surface area contributed by atoms with Crippen LogP contribution in [-0.4, -0.2) is 61.9 Å². The number of aromatic nitrogens is 4. The number of rotatable bonds is 5. The molecule has 2 aromatic heterocycles. The van der Waals surface area contributed by atoms with Crippen LogP contribution in [0.25, 0.3) is 0 Å². The van der Waals surface area contributed by atoms with Crippen LogP contribution in [0.3, 0.4) is 0 Å². The average molecular weight is 332 g/mol. The lowest BCUT2D eigenvalue weighted by Crippen LogP contribution is -2.35. The van der Waals surface area contributed by atoms with Gasteiger partial charge in [0.25, 0.3) is 0 Å². The maximum Gasteiger partial charge on any atom is 0.230 e. The van der Waals surface area contributed by atoms with Crippen LogP contribution in [0, 0.1) is 6.92 Å². The number of hydrogen-bond donors (Lipinski definition) is 0. The highest BCUT2D eigenvalue weighted by molar-refractivity contribution is 5.76. The Balaban J connectivity index is 1.47. The van der Waals surface area contributed by atoms with Crippen LogP contribution in [-0.2, 0) is 24.8 Å². The average Bonchev–Trinajstić information content (AvgIpc) is 3.07. The third-order valence-electron chi connectivity index (χ3n) is 4.39. The molecule has 24 heavy (non-hydrogen) atoms.